The van der Waals surface area contributed by atoms with Gasteiger partial charge in [-0.1, -0.05) is 48.6 Å². The second-order valence-corrected chi connectivity index (χ2v) is 8.90. The molecule has 0 radical (unpaired) electrons. The Balaban J connectivity index is 1.67. The fraction of sp³-hybridized carbons (Fsp3) is 0.444. The Bertz CT molecular complexity index is 904. The van der Waals surface area contributed by atoms with Gasteiger partial charge in [-0.15, -0.1) is 0 Å². The molecule has 4 heteroatoms. The number of hydrogen-bond donors (Lipinski definition) is 1. The molecular weight excluding hydrogens is 388 g/mol. The van der Waals surface area contributed by atoms with Gasteiger partial charge in [0.1, 0.15) is 0 Å². The van der Waals surface area contributed by atoms with E-state index in [1.807, 2.05) is 24.3 Å². The normalized spacial score (nSPS) is 24.4. The Kier molecular flexibility index (Phi) is 6.64. The Labute approximate surface area is 184 Å². The number of carboxylic acids is 1. The maximum atomic E-state index is 11.6. The minimum absolute atomic E-state index is 0.206. The molecule has 0 atom stereocenters. The van der Waals surface area contributed by atoms with Crippen LogP contribution >= 0.6 is 0 Å². The second kappa shape index (κ2) is 9.59. The first-order valence-corrected chi connectivity index (χ1v) is 11.4. The van der Waals surface area contributed by atoms with E-state index < -0.39 is 5.97 Å². The van der Waals surface area contributed by atoms with E-state index in [1.165, 1.54) is 18.4 Å². The van der Waals surface area contributed by atoms with Gasteiger partial charge >= 0.3 is 5.97 Å². The quantitative estimate of drug-likeness (QED) is 0.576. The molecule has 4 rings (SSSR count). The van der Waals surface area contributed by atoms with Gasteiger partial charge in [-0.05, 0) is 74.6 Å². The van der Waals surface area contributed by atoms with Crippen LogP contribution in [-0.4, -0.2) is 24.3 Å². The Morgan fingerprint density at radius 1 is 1.00 bits per heavy atom. The van der Waals surface area contributed by atoms with Gasteiger partial charge in [-0.25, -0.2) is 0 Å². The topological polar surface area (TPSA) is 55.8 Å². The molecule has 0 amide bonds. The van der Waals surface area contributed by atoms with Crippen LogP contribution in [0.4, 0.5) is 0 Å². The zero-order chi connectivity index (χ0) is 21.7. The lowest BCUT2D eigenvalue weighted by molar-refractivity contribution is -0.143. The van der Waals surface area contributed by atoms with Gasteiger partial charge in [0, 0.05) is 5.41 Å². The minimum atomic E-state index is -0.680. The predicted octanol–water partition coefficient (Wildman–Crippen LogP) is 6.24. The van der Waals surface area contributed by atoms with Crippen molar-refractivity contribution in [1.29, 1.82) is 0 Å². The predicted molar refractivity (Wildman–Crippen MR) is 123 cm³/mol. The Morgan fingerprint density at radius 2 is 1.71 bits per heavy atom. The first kappa shape index (κ1) is 21.5. The molecule has 2 aliphatic carbocycles. The first-order valence-electron chi connectivity index (χ1n) is 11.4. The summed E-state index contributed by atoms with van der Waals surface area (Å²) >= 11 is 0. The van der Waals surface area contributed by atoms with Crippen LogP contribution in [0, 0.1) is 5.92 Å². The van der Waals surface area contributed by atoms with E-state index in [2.05, 4.69) is 36.4 Å². The first-order chi connectivity index (χ1) is 15.1. The van der Waals surface area contributed by atoms with Gasteiger partial charge in [0.25, 0.3) is 0 Å². The van der Waals surface area contributed by atoms with Crippen LogP contribution in [0.3, 0.4) is 0 Å². The number of allylic oxidation sites excluding steroid dienone is 1. The van der Waals surface area contributed by atoms with Crippen LogP contribution < -0.4 is 9.47 Å². The third-order valence-electron chi connectivity index (χ3n) is 6.96. The summed E-state index contributed by atoms with van der Waals surface area (Å²) < 4.78 is 11.9. The van der Waals surface area contributed by atoms with E-state index in [0.717, 1.165) is 42.7 Å². The molecule has 0 heterocycles. The third kappa shape index (κ3) is 4.95. The average molecular weight is 421 g/mol. The van der Waals surface area contributed by atoms with Crippen LogP contribution in [-0.2, 0) is 10.2 Å². The van der Waals surface area contributed by atoms with Crippen molar-refractivity contribution in [2.24, 2.45) is 5.92 Å². The molecule has 0 aromatic heterocycles. The summed E-state index contributed by atoms with van der Waals surface area (Å²) in [7, 11) is 1.68. The Hall–Kier alpha value is -2.75. The molecule has 2 aromatic rings. The minimum Gasteiger partial charge on any atom is -0.493 e. The van der Waals surface area contributed by atoms with Crippen molar-refractivity contribution in [1.82, 2.24) is 0 Å². The van der Waals surface area contributed by atoms with Gasteiger partial charge in [0.05, 0.1) is 19.1 Å². The summed E-state index contributed by atoms with van der Waals surface area (Å²) in [5, 5.41) is 9.50. The smallest absolute Gasteiger partial charge is 0.306 e. The summed E-state index contributed by atoms with van der Waals surface area (Å²) in [6.45, 7) is 0. The number of carbonyl (C=O) groups is 1. The highest BCUT2D eigenvalue weighted by atomic mass is 16.5. The highest BCUT2D eigenvalue weighted by Crippen LogP contribution is 2.46. The SMILES string of the molecule is COc1ccc(C2(C=Cc3ccccc3)CCC(C(=O)O)CC2)cc1OC1CCCC1. The van der Waals surface area contributed by atoms with Crippen molar-refractivity contribution < 1.29 is 19.4 Å². The van der Waals surface area contributed by atoms with E-state index in [0.29, 0.717) is 12.8 Å². The summed E-state index contributed by atoms with van der Waals surface area (Å²) in [5.74, 6) is 0.628. The van der Waals surface area contributed by atoms with E-state index in [9.17, 15) is 9.90 Å². The maximum absolute atomic E-state index is 11.6. The summed E-state index contributed by atoms with van der Waals surface area (Å²) in [6.07, 6.45) is 12.3. The van der Waals surface area contributed by atoms with Crippen molar-refractivity contribution in [2.75, 3.05) is 7.11 Å². The summed E-state index contributed by atoms with van der Waals surface area (Å²) in [5.41, 5.74) is 2.12. The third-order valence-corrected chi connectivity index (χ3v) is 6.96. The number of rotatable bonds is 7. The zero-order valence-corrected chi connectivity index (χ0v) is 18.3. The number of aliphatic carboxylic acids is 1. The molecule has 2 fully saturated rings. The number of carboxylic acid groups (broad SMARTS) is 1. The van der Waals surface area contributed by atoms with Crippen LogP contribution in [0.25, 0.3) is 6.08 Å². The maximum Gasteiger partial charge on any atom is 0.306 e. The van der Waals surface area contributed by atoms with Crippen molar-refractivity contribution in [2.45, 2.75) is 62.9 Å². The lowest BCUT2D eigenvalue weighted by Gasteiger charge is -2.38. The molecule has 1 N–H and O–H groups in total. The number of methoxy groups -OCH3 is 1. The molecule has 0 bridgehead atoms. The van der Waals surface area contributed by atoms with Gasteiger partial charge in [-0.3, -0.25) is 4.79 Å². The highest BCUT2D eigenvalue weighted by Gasteiger charge is 2.37. The van der Waals surface area contributed by atoms with E-state index >= 15 is 0 Å². The lowest BCUT2D eigenvalue weighted by Crippen LogP contribution is -2.32. The molecule has 4 nitrogen and oxygen atoms in total. The average Bonchev–Trinajstić information content (AvgIpc) is 3.32. The van der Waals surface area contributed by atoms with Crippen molar-refractivity contribution in [3.8, 4) is 11.5 Å². The van der Waals surface area contributed by atoms with Crippen LogP contribution in [0.15, 0.2) is 54.6 Å². The highest BCUT2D eigenvalue weighted by molar-refractivity contribution is 5.70. The van der Waals surface area contributed by atoms with Crippen LogP contribution in [0.1, 0.15) is 62.5 Å². The largest absolute Gasteiger partial charge is 0.493 e. The zero-order valence-electron chi connectivity index (χ0n) is 18.3. The van der Waals surface area contributed by atoms with Gasteiger partial charge in [0.15, 0.2) is 11.5 Å². The molecule has 2 saturated carbocycles. The molecule has 0 unspecified atom stereocenters. The standard InChI is InChI=1S/C27H32O4/c1-30-24-12-11-22(19-25(24)31-23-9-5-6-10-23)27(16-13-20-7-3-2-4-8-20)17-14-21(15-18-27)26(28)29/h2-4,7-8,11-13,16,19,21,23H,5-6,9-10,14-15,17-18H2,1H3,(H,28,29). The molecular formula is C27H32O4. The monoisotopic (exact) mass is 420 g/mol. The van der Waals surface area contributed by atoms with Crippen molar-refractivity contribution >= 4 is 12.0 Å². The second-order valence-electron chi connectivity index (χ2n) is 8.90. The van der Waals surface area contributed by atoms with Crippen LogP contribution in [0.2, 0.25) is 0 Å². The lowest BCUT2D eigenvalue weighted by atomic mass is 9.66. The molecule has 0 spiro atoms. The fourth-order valence-electron chi connectivity index (χ4n) is 5.02. The number of ether oxygens (including phenoxy) is 2. The summed E-state index contributed by atoms with van der Waals surface area (Å²) in [6, 6.07) is 16.5. The fourth-order valence-corrected chi connectivity index (χ4v) is 5.02. The molecule has 0 aliphatic heterocycles. The molecule has 2 aromatic carbocycles. The van der Waals surface area contributed by atoms with E-state index in [-0.39, 0.29) is 17.4 Å². The molecule has 31 heavy (non-hydrogen) atoms. The summed E-state index contributed by atoms with van der Waals surface area (Å²) in [4.78, 5) is 11.6. The molecule has 2 aliphatic rings. The van der Waals surface area contributed by atoms with Crippen molar-refractivity contribution in [3.05, 3.63) is 65.7 Å². The molecule has 164 valence electrons. The van der Waals surface area contributed by atoms with Gasteiger partial charge in [-0.2, -0.15) is 0 Å². The van der Waals surface area contributed by atoms with Gasteiger partial charge in [0.2, 0.25) is 0 Å². The van der Waals surface area contributed by atoms with E-state index in [4.69, 9.17) is 9.47 Å². The Morgan fingerprint density at radius 3 is 2.35 bits per heavy atom. The molecule has 0 saturated heterocycles. The van der Waals surface area contributed by atoms with Crippen molar-refractivity contribution in [3.63, 3.8) is 0 Å². The van der Waals surface area contributed by atoms with Gasteiger partial charge < -0.3 is 14.6 Å². The number of hydrogen-bond acceptors (Lipinski definition) is 3. The van der Waals surface area contributed by atoms with Crippen LogP contribution in [0.5, 0.6) is 11.5 Å². The number of benzene rings is 2. The van der Waals surface area contributed by atoms with E-state index in [1.54, 1.807) is 7.11 Å².